The van der Waals surface area contributed by atoms with Crippen LogP contribution in [0.25, 0.3) is 0 Å². The van der Waals surface area contributed by atoms with Crippen LogP contribution in [0.1, 0.15) is 34.5 Å². The first-order valence-electron chi connectivity index (χ1n) is 7.94. The molecule has 128 valence electrons. The first-order chi connectivity index (χ1) is 10.8. The van der Waals surface area contributed by atoms with Gasteiger partial charge in [0.05, 0.1) is 17.0 Å². The average Bonchev–Trinajstić information content (AvgIpc) is 3.07. The Morgan fingerprint density at radius 1 is 1.30 bits per heavy atom. The third kappa shape index (κ3) is 3.72. The van der Waals surface area contributed by atoms with Crippen LogP contribution in [0, 0.1) is 6.92 Å². The molecule has 2 saturated heterocycles. The Morgan fingerprint density at radius 3 is 2.61 bits per heavy atom. The number of hydrogen-bond acceptors (Lipinski definition) is 4. The second-order valence-electron chi connectivity index (χ2n) is 6.77. The first kappa shape index (κ1) is 16.8. The minimum Gasteiger partial charge on any atom is -0.387 e. The van der Waals surface area contributed by atoms with Crippen molar-refractivity contribution in [2.24, 2.45) is 0 Å². The lowest BCUT2D eigenvalue weighted by Crippen LogP contribution is -2.49. The zero-order chi connectivity index (χ0) is 16.7. The van der Waals surface area contributed by atoms with Crippen LogP contribution in [-0.4, -0.2) is 65.1 Å². The Hall–Kier alpha value is -1.05. The summed E-state index contributed by atoms with van der Waals surface area (Å²) in [6, 6.07) is 1.91. The molecule has 1 N–H and O–H groups in total. The van der Waals surface area contributed by atoms with Gasteiger partial charge in [-0.1, -0.05) is 0 Å². The topological polar surface area (TPSA) is 43.8 Å². The first-order valence-corrected chi connectivity index (χ1v) is 8.82. The number of carbonyl (C=O) groups is 1. The molecule has 0 saturated carbocycles. The van der Waals surface area contributed by atoms with E-state index in [1.54, 1.807) is 4.90 Å². The molecule has 7 heteroatoms. The molecule has 0 aliphatic carbocycles. The van der Waals surface area contributed by atoms with Crippen molar-refractivity contribution >= 4 is 17.2 Å². The molecular formula is C16H22F2N2O2S. The number of likely N-dealkylation sites (tertiary alicyclic amines) is 2. The Bertz CT molecular complexity index is 582. The monoisotopic (exact) mass is 344 g/mol. The molecule has 23 heavy (non-hydrogen) atoms. The summed E-state index contributed by atoms with van der Waals surface area (Å²) < 4.78 is 26.4. The lowest BCUT2D eigenvalue weighted by molar-refractivity contribution is -0.0720. The Morgan fingerprint density at radius 2 is 2.00 bits per heavy atom. The average molecular weight is 344 g/mol. The molecule has 0 spiro atoms. The second-order valence-corrected chi connectivity index (χ2v) is 7.68. The third-order valence-corrected chi connectivity index (χ3v) is 5.79. The molecule has 3 heterocycles. The van der Waals surface area contributed by atoms with Gasteiger partial charge in [0.1, 0.15) is 0 Å². The smallest absolute Gasteiger partial charge is 0.264 e. The highest BCUT2D eigenvalue weighted by Gasteiger charge is 2.42. The van der Waals surface area contributed by atoms with Gasteiger partial charge in [-0.25, -0.2) is 8.78 Å². The largest absolute Gasteiger partial charge is 0.387 e. The van der Waals surface area contributed by atoms with Crippen molar-refractivity contribution in [1.82, 2.24) is 9.80 Å². The van der Waals surface area contributed by atoms with Crippen molar-refractivity contribution in [3.8, 4) is 0 Å². The number of hydrogen-bond donors (Lipinski definition) is 1. The van der Waals surface area contributed by atoms with E-state index in [-0.39, 0.29) is 25.3 Å². The number of carbonyl (C=O) groups excluding carboxylic acids is 1. The lowest BCUT2D eigenvalue weighted by atomic mass is 10.00. The number of β-amino-alcohol motifs (C(OH)–C–C–N with tert-alkyl or cyclic N) is 1. The van der Waals surface area contributed by atoms with Crippen LogP contribution in [0.4, 0.5) is 8.78 Å². The molecule has 2 aliphatic rings. The predicted octanol–water partition coefficient (Wildman–Crippen LogP) is 2.36. The van der Waals surface area contributed by atoms with E-state index in [1.807, 2.05) is 23.3 Å². The van der Waals surface area contributed by atoms with Gasteiger partial charge in [-0.3, -0.25) is 9.69 Å². The maximum absolute atomic E-state index is 13.2. The maximum atomic E-state index is 13.2. The van der Waals surface area contributed by atoms with Gasteiger partial charge in [-0.15, -0.1) is 11.3 Å². The van der Waals surface area contributed by atoms with Crippen molar-refractivity contribution in [2.45, 2.75) is 37.7 Å². The maximum Gasteiger partial charge on any atom is 0.264 e. The number of rotatable bonds is 3. The highest BCUT2D eigenvalue weighted by atomic mass is 32.1. The number of alkyl halides is 2. The van der Waals surface area contributed by atoms with Gasteiger partial charge in [0, 0.05) is 39.0 Å². The molecule has 0 unspecified atom stereocenters. The molecule has 1 amide bonds. The number of thiophene rings is 1. The molecule has 2 fully saturated rings. The highest BCUT2D eigenvalue weighted by Crippen LogP contribution is 2.31. The van der Waals surface area contributed by atoms with Crippen LogP contribution in [0.5, 0.6) is 0 Å². The van der Waals surface area contributed by atoms with Crippen molar-refractivity contribution in [1.29, 1.82) is 0 Å². The molecule has 0 aromatic carbocycles. The quantitative estimate of drug-likeness (QED) is 0.915. The molecule has 3 rings (SSSR count). The molecule has 2 aliphatic heterocycles. The van der Waals surface area contributed by atoms with Gasteiger partial charge in [-0.2, -0.15) is 0 Å². The zero-order valence-electron chi connectivity index (χ0n) is 13.2. The van der Waals surface area contributed by atoms with E-state index in [4.69, 9.17) is 0 Å². The van der Waals surface area contributed by atoms with E-state index >= 15 is 0 Å². The summed E-state index contributed by atoms with van der Waals surface area (Å²) in [4.78, 5) is 16.8. The Balaban J connectivity index is 1.58. The second kappa shape index (κ2) is 6.11. The van der Waals surface area contributed by atoms with Crippen molar-refractivity contribution in [2.75, 3.05) is 32.7 Å². The summed E-state index contributed by atoms with van der Waals surface area (Å²) in [5.41, 5.74) is -0.0401. The summed E-state index contributed by atoms with van der Waals surface area (Å²) in [5, 5.41) is 12.6. The highest BCUT2D eigenvalue weighted by molar-refractivity contribution is 7.12. The van der Waals surface area contributed by atoms with E-state index in [9.17, 15) is 18.7 Å². The number of aliphatic hydroxyl groups is 1. The van der Waals surface area contributed by atoms with E-state index in [0.29, 0.717) is 37.5 Å². The molecule has 4 nitrogen and oxygen atoms in total. The van der Waals surface area contributed by atoms with Crippen molar-refractivity contribution in [3.63, 3.8) is 0 Å². The normalized spacial score (nSPS) is 28.3. The standard InChI is InChI=1S/C16H22F2N2O2S/c1-12-2-9-23-13(12)14(21)20-8-3-15(22,11-20)10-19-6-4-16(17,18)5-7-19/h2,9,22H,3-8,10-11H2,1H3/t15-/m1/s1. The van der Waals surface area contributed by atoms with Crippen molar-refractivity contribution < 1.29 is 18.7 Å². The molecule has 1 aromatic heterocycles. The molecule has 0 radical (unpaired) electrons. The SMILES string of the molecule is Cc1ccsc1C(=O)N1CC[C@@](O)(CN2CCC(F)(F)CC2)C1. The van der Waals surface area contributed by atoms with E-state index < -0.39 is 11.5 Å². The predicted molar refractivity (Wildman–Crippen MR) is 85.1 cm³/mol. The van der Waals surface area contributed by atoms with Gasteiger partial charge < -0.3 is 10.0 Å². The fourth-order valence-corrected chi connectivity index (χ4v) is 4.24. The zero-order valence-corrected chi connectivity index (χ0v) is 14.0. The van der Waals surface area contributed by atoms with Crippen LogP contribution in [0.15, 0.2) is 11.4 Å². The Labute approximate surface area is 138 Å². The minimum absolute atomic E-state index is 0.0430. The van der Waals surface area contributed by atoms with Crippen LogP contribution >= 0.6 is 11.3 Å². The molecule has 1 aromatic rings. The van der Waals surface area contributed by atoms with Gasteiger partial charge in [0.15, 0.2) is 0 Å². The molecular weight excluding hydrogens is 322 g/mol. The van der Waals surface area contributed by atoms with E-state index in [0.717, 1.165) is 5.56 Å². The van der Waals surface area contributed by atoms with Gasteiger partial charge in [-0.05, 0) is 30.4 Å². The molecule has 0 bridgehead atoms. The number of nitrogens with zero attached hydrogens (tertiary/aromatic N) is 2. The fraction of sp³-hybridized carbons (Fsp3) is 0.688. The summed E-state index contributed by atoms with van der Waals surface area (Å²) in [6.07, 6.45) is 0.191. The number of aryl methyl sites for hydroxylation is 1. The van der Waals surface area contributed by atoms with Crippen LogP contribution in [0.2, 0.25) is 0 Å². The Kier molecular flexibility index (Phi) is 4.46. The summed E-state index contributed by atoms with van der Waals surface area (Å²) in [6.45, 7) is 3.64. The lowest BCUT2D eigenvalue weighted by Gasteiger charge is -2.36. The van der Waals surface area contributed by atoms with Gasteiger partial charge >= 0.3 is 0 Å². The van der Waals surface area contributed by atoms with Gasteiger partial charge in [0.25, 0.3) is 11.8 Å². The number of amides is 1. The van der Waals surface area contributed by atoms with Crippen LogP contribution in [-0.2, 0) is 0 Å². The molecule has 1 atom stereocenters. The number of halogens is 2. The third-order valence-electron chi connectivity index (χ3n) is 4.78. The fourth-order valence-electron chi connectivity index (χ4n) is 3.35. The summed E-state index contributed by atoms with van der Waals surface area (Å²) in [5.74, 6) is -2.62. The van der Waals surface area contributed by atoms with Crippen molar-refractivity contribution in [3.05, 3.63) is 21.9 Å². The van der Waals surface area contributed by atoms with E-state index in [2.05, 4.69) is 0 Å². The minimum atomic E-state index is -2.58. The van der Waals surface area contributed by atoms with Crippen LogP contribution in [0.3, 0.4) is 0 Å². The summed E-state index contributed by atoms with van der Waals surface area (Å²) >= 11 is 1.41. The van der Waals surface area contributed by atoms with Crippen LogP contribution < -0.4 is 0 Å². The van der Waals surface area contributed by atoms with E-state index in [1.165, 1.54) is 11.3 Å². The number of piperidine rings is 1. The van der Waals surface area contributed by atoms with Gasteiger partial charge in [0.2, 0.25) is 0 Å². The summed E-state index contributed by atoms with van der Waals surface area (Å²) in [7, 11) is 0.